The number of aryl methyl sites for hydroxylation is 1. The molecule has 1 aromatic heterocycles. The molecular weight excluding hydrogens is 261 g/mol. The molecule has 2 rings (SSSR count). The summed E-state index contributed by atoms with van der Waals surface area (Å²) in [5.74, 6) is -0.664. The number of amides is 1. The second-order valence-electron chi connectivity index (χ2n) is 4.36. The molecule has 1 unspecified atom stereocenters. The average Bonchev–Trinajstić information content (AvgIpc) is 2.94. The average molecular weight is 277 g/mol. The Labute approximate surface area is 116 Å². The predicted octanol–water partition coefficient (Wildman–Crippen LogP) is 1.51. The largest absolute Gasteiger partial charge is 0.387 e. The van der Waals surface area contributed by atoms with Crippen molar-refractivity contribution in [1.82, 2.24) is 15.1 Å². The lowest BCUT2D eigenvalue weighted by Crippen LogP contribution is -2.28. The van der Waals surface area contributed by atoms with Gasteiger partial charge in [-0.15, -0.1) is 0 Å². The highest BCUT2D eigenvalue weighted by Gasteiger charge is 2.12. The summed E-state index contributed by atoms with van der Waals surface area (Å²) >= 11 is 0. The first-order chi connectivity index (χ1) is 9.60. The summed E-state index contributed by atoms with van der Waals surface area (Å²) in [6.07, 6.45) is 2.24. The molecule has 0 aliphatic carbocycles. The molecule has 0 saturated heterocycles. The topological polar surface area (TPSA) is 67.2 Å². The van der Waals surface area contributed by atoms with Crippen molar-refractivity contribution in [3.8, 4) is 0 Å². The van der Waals surface area contributed by atoms with Crippen LogP contribution in [0.1, 0.15) is 28.9 Å². The number of aliphatic hydroxyl groups is 1. The van der Waals surface area contributed by atoms with E-state index in [2.05, 4.69) is 10.4 Å². The van der Waals surface area contributed by atoms with Gasteiger partial charge in [-0.1, -0.05) is 12.1 Å². The van der Waals surface area contributed by atoms with Gasteiger partial charge in [0, 0.05) is 19.3 Å². The molecule has 0 spiro atoms. The zero-order valence-electron chi connectivity index (χ0n) is 11.1. The van der Waals surface area contributed by atoms with Crippen molar-refractivity contribution in [3.05, 3.63) is 53.6 Å². The number of carbonyl (C=O) groups is 1. The quantitative estimate of drug-likeness (QED) is 0.870. The molecule has 0 bridgehead atoms. The summed E-state index contributed by atoms with van der Waals surface area (Å²) in [6, 6.07) is 5.51. The third-order valence-corrected chi connectivity index (χ3v) is 2.93. The number of aromatic nitrogens is 2. The third-order valence-electron chi connectivity index (χ3n) is 2.93. The van der Waals surface area contributed by atoms with Crippen LogP contribution < -0.4 is 5.32 Å². The van der Waals surface area contributed by atoms with E-state index < -0.39 is 6.10 Å². The van der Waals surface area contributed by atoms with Gasteiger partial charge in [-0.25, -0.2) is 4.39 Å². The molecule has 0 aliphatic heterocycles. The van der Waals surface area contributed by atoms with Gasteiger partial charge >= 0.3 is 0 Å². The smallest absolute Gasteiger partial charge is 0.254 e. The summed E-state index contributed by atoms with van der Waals surface area (Å²) in [4.78, 5) is 11.8. The van der Waals surface area contributed by atoms with E-state index in [9.17, 15) is 14.3 Å². The molecule has 1 atom stereocenters. The molecule has 2 N–H and O–H groups in total. The van der Waals surface area contributed by atoms with E-state index in [0.717, 1.165) is 0 Å². The summed E-state index contributed by atoms with van der Waals surface area (Å²) in [5.41, 5.74) is 0.995. The molecule has 6 heteroatoms. The third kappa shape index (κ3) is 3.42. The van der Waals surface area contributed by atoms with Gasteiger partial charge in [0.1, 0.15) is 5.82 Å². The molecular formula is C14H16FN3O2. The van der Waals surface area contributed by atoms with Crippen LogP contribution >= 0.6 is 0 Å². The van der Waals surface area contributed by atoms with Gasteiger partial charge in [0.25, 0.3) is 5.91 Å². The normalized spacial score (nSPS) is 12.2. The maximum absolute atomic E-state index is 12.8. The SMILES string of the molecule is CCn1cc(C(=O)NCC(O)c2ccc(F)cc2)cn1. The van der Waals surface area contributed by atoms with Crippen LogP contribution in [0.3, 0.4) is 0 Å². The van der Waals surface area contributed by atoms with Crippen LogP contribution in [0.2, 0.25) is 0 Å². The molecule has 0 fully saturated rings. The first-order valence-electron chi connectivity index (χ1n) is 6.34. The number of aliphatic hydroxyl groups excluding tert-OH is 1. The lowest BCUT2D eigenvalue weighted by molar-refractivity contribution is 0.0916. The zero-order chi connectivity index (χ0) is 14.5. The summed E-state index contributed by atoms with van der Waals surface area (Å²) in [5, 5.41) is 16.5. The molecule has 1 amide bonds. The minimum absolute atomic E-state index is 0.0573. The maximum Gasteiger partial charge on any atom is 0.254 e. The highest BCUT2D eigenvalue weighted by atomic mass is 19.1. The van der Waals surface area contributed by atoms with Gasteiger partial charge in [0.05, 0.1) is 17.9 Å². The monoisotopic (exact) mass is 277 g/mol. The van der Waals surface area contributed by atoms with Crippen LogP contribution in [0.4, 0.5) is 4.39 Å². The molecule has 1 aromatic carbocycles. The van der Waals surface area contributed by atoms with Crippen LogP contribution in [-0.4, -0.2) is 27.3 Å². The maximum atomic E-state index is 12.8. The molecule has 5 nitrogen and oxygen atoms in total. The van der Waals surface area contributed by atoms with E-state index in [0.29, 0.717) is 17.7 Å². The number of benzene rings is 1. The van der Waals surface area contributed by atoms with Crippen molar-refractivity contribution < 1.29 is 14.3 Å². The summed E-state index contributed by atoms with van der Waals surface area (Å²) < 4.78 is 14.4. The highest BCUT2D eigenvalue weighted by molar-refractivity contribution is 5.93. The number of hydrogen-bond acceptors (Lipinski definition) is 3. The summed E-state index contributed by atoms with van der Waals surface area (Å²) in [7, 11) is 0. The Morgan fingerprint density at radius 1 is 1.45 bits per heavy atom. The molecule has 1 heterocycles. The number of hydrogen-bond donors (Lipinski definition) is 2. The lowest BCUT2D eigenvalue weighted by atomic mass is 10.1. The van der Waals surface area contributed by atoms with Gasteiger partial charge in [-0.05, 0) is 24.6 Å². The number of rotatable bonds is 5. The van der Waals surface area contributed by atoms with Crippen molar-refractivity contribution >= 4 is 5.91 Å². The van der Waals surface area contributed by atoms with E-state index >= 15 is 0 Å². The Bertz CT molecular complexity index is 580. The Morgan fingerprint density at radius 3 is 2.75 bits per heavy atom. The van der Waals surface area contributed by atoms with Crippen LogP contribution in [-0.2, 0) is 6.54 Å². The van der Waals surface area contributed by atoms with Gasteiger partial charge < -0.3 is 10.4 Å². The van der Waals surface area contributed by atoms with Crippen molar-refractivity contribution in [2.24, 2.45) is 0 Å². The lowest BCUT2D eigenvalue weighted by Gasteiger charge is -2.11. The van der Waals surface area contributed by atoms with Crippen LogP contribution in [0, 0.1) is 5.82 Å². The Kier molecular flexibility index (Phi) is 4.47. The van der Waals surface area contributed by atoms with Crippen molar-refractivity contribution in [2.75, 3.05) is 6.54 Å². The van der Waals surface area contributed by atoms with Crippen LogP contribution in [0.5, 0.6) is 0 Å². The fourth-order valence-corrected chi connectivity index (χ4v) is 1.75. The van der Waals surface area contributed by atoms with E-state index in [-0.39, 0.29) is 18.3 Å². The molecule has 0 aliphatic rings. The van der Waals surface area contributed by atoms with E-state index in [4.69, 9.17) is 0 Å². The number of nitrogens with zero attached hydrogens (tertiary/aromatic N) is 2. The van der Waals surface area contributed by atoms with Gasteiger partial charge in [-0.2, -0.15) is 5.10 Å². The highest BCUT2D eigenvalue weighted by Crippen LogP contribution is 2.12. The zero-order valence-corrected chi connectivity index (χ0v) is 11.1. The molecule has 106 valence electrons. The van der Waals surface area contributed by atoms with E-state index in [1.165, 1.54) is 30.5 Å². The number of nitrogens with one attached hydrogen (secondary N) is 1. The van der Waals surface area contributed by atoms with Gasteiger partial charge in [-0.3, -0.25) is 9.48 Å². The van der Waals surface area contributed by atoms with E-state index in [1.807, 2.05) is 6.92 Å². The predicted molar refractivity (Wildman–Crippen MR) is 71.6 cm³/mol. The first kappa shape index (κ1) is 14.2. The minimum atomic E-state index is -0.874. The molecule has 2 aromatic rings. The van der Waals surface area contributed by atoms with Gasteiger partial charge in [0.15, 0.2) is 0 Å². The summed E-state index contributed by atoms with van der Waals surface area (Å²) in [6.45, 7) is 2.67. The fourth-order valence-electron chi connectivity index (χ4n) is 1.75. The standard InChI is InChI=1S/C14H16FN3O2/c1-2-18-9-11(7-17-18)14(20)16-8-13(19)10-3-5-12(15)6-4-10/h3-7,9,13,19H,2,8H2,1H3,(H,16,20). The second kappa shape index (κ2) is 6.29. The molecule has 20 heavy (non-hydrogen) atoms. The molecule has 0 saturated carbocycles. The van der Waals surface area contributed by atoms with Crippen LogP contribution in [0.25, 0.3) is 0 Å². The van der Waals surface area contributed by atoms with Crippen molar-refractivity contribution in [3.63, 3.8) is 0 Å². The Hall–Kier alpha value is -2.21. The Morgan fingerprint density at radius 2 is 2.15 bits per heavy atom. The second-order valence-corrected chi connectivity index (χ2v) is 4.36. The van der Waals surface area contributed by atoms with Crippen molar-refractivity contribution in [2.45, 2.75) is 19.6 Å². The number of halogens is 1. The van der Waals surface area contributed by atoms with Crippen LogP contribution in [0.15, 0.2) is 36.7 Å². The fraction of sp³-hybridized carbons (Fsp3) is 0.286. The van der Waals surface area contributed by atoms with E-state index in [1.54, 1.807) is 10.9 Å². The van der Waals surface area contributed by atoms with Gasteiger partial charge in [0.2, 0.25) is 0 Å². The number of carbonyl (C=O) groups excluding carboxylic acids is 1. The molecule has 0 radical (unpaired) electrons. The minimum Gasteiger partial charge on any atom is -0.387 e. The Balaban J connectivity index is 1.91. The van der Waals surface area contributed by atoms with Crippen molar-refractivity contribution in [1.29, 1.82) is 0 Å². The first-order valence-corrected chi connectivity index (χ1v) is 6.34.